The zero-order chi connectivity index (χ0) is 19.0. The van der Waals surface area contributed by atoms with Gasteiger partial charge in [0, 0.05) is 0 Å². The van der Waals surface area contributed by atoms with E-state index >= 15 is 0 Å². The molecule has 0 N–H and O–H groups in total. The van der Waals surface area contributed by atoms with E-state index in [9.17, 15) is 0 Å². The molecule has 0 aromatic heterocycles. The average Bonchev–Trinajstić information content (AvgIpc) is 2.51. The van der Waals surface area contributed by atoms with Crippen molar-refractivity contribution in [3.8, 4) is 0 Å². The van der Waals surface area contributed by atoms with Crippen LogP contribution < -0.4 is 0 Å². The maximum atomic E-state index is 6.79. The first-order valence-corrected chi connectivity index (χ1v) is 17.8. The topological polar surface area (TPSA) is 9.23 Å². The Bertz CT molecular complexity index is 268. The highest BCUT2D eigenvalue weighted by atomic mass is 28.4. The van der Waals surface area contributed by atoms with Crippen molar-refractivity contribution >= 4 is 16.6 Å². The van der Waals surface area contributed by atoms with E-state index in [1.807, 2.05) is 0 Å². The van der Waals surface area contributed by atoms with Crippen LogP contribution in [0, 0.1) is 0 Å². The Hall–Kier alpha value is 0.394. The van der Waals surface area contributed by atoms with Crippen molar-refractivity contribution in [1.29, 1.82) is 0 Å². The van der Waals surface area contributed by atoms with Gasteiger partial charge in [-0.05, 0) is 38.3 Å². The Kier molecular flexibility index (Phi) is 15.7. The summed E-state index contributed by atoms with van der Waals surface area (Å²) in [6.45, 7) is 14.3. The van der Waals surface area contributed by atoms with Crippen molar-refractivity contribution < 1.29 is 4.12 Å². The van der Waals surface area contributed by atoms with Gasteiger partial charge in [0.25, 0.3) is 0 Å². The van der Waals surface area contributed by atoms with Gasteiger partial charge >= 0.3 is 0 Å². The highest BCUT2D eigenvalue weighted by Crippen LogP contribution is 2.28. The SMILES string of the molecule is CCCCCCCCC[Si](C)(CCCCCCCCC)O[Si](C)(C)C. The van der Waals surface area contributed by atoms with Crippen LogP contribution in [0.4, 0.5) is 0 Å². The second-order valence-corrected chi connectivity index (χ2v) is 18.3. The molecule has 0 aromatic rings. The molecule has 0 rings (SSSR count). The van der Waals surface area contributed by atoms with Gasteiger partial charge in [0.15, 0.2) is 16.6 Å². The molecule has 0 aliphatic rings. The molecule has 0 bridgehead atoms. The summed E-state index contributed by atoms with van der Waals surface area (Å²) in [6.07, 6.45) is 19.9. The molecular formula is C22H50OSi2. The summed E-state index contributed by atoms with van der Waals surface area (Å²) >= 11 is 0. The zero-order valence-electron chi connectivity index (χ0n) is 18.7. The molecule has 0 radical (unpaired) electrons. The van der Waals surface area contributed by atoms with Crippen LogP contribution in [0.5, 0.6) is 0 Å². The predicted molar refractivity (Wildman–Crippen MR) is 122 cm³/mol. The molecule has 0 saturated heterocycles. The molecule has 0 aromatic carbocycles. The molecule has 0 saturated carbocycles. The van der Waals surface area contributed by atoms with Gasteiger partial charge in [0.05, 0.1) is 0 Å². The van der Waals surface area contributed by atoms with E-state index in [4.69, 9.17) is 4.12 Å². The second-order valence-electron chi connectivity index (χ2n) is 9.41. The lowest BCUT2D eigenvalue weighted by Crippen LogP contribution is -2.44. The minimum Gasteiger partial charge on any atom is -0.456 e. The largest absolute Gasteiger partial charge is 0.456 e. The summed E-state index contributed by atoms with van der Waals surface area (Å²) in [7, 11) is -2.88. The molecule has 3 heteroatoms. The molecule has 25 heavy (non-hydrogen) atoms. The third-order valence-corrected chi connectivity index (χ3v) is 12.4. The summed E-state index contributed by atoms with van der Waals surface area (Å²) in [5, 5.41) is 0. The fourth-order valence-corrected chi connectivity index (χ4v) is 12.9. The third-order valence-electron chi connectivity index (χ3n) is 5.17. The number of hydrogen-bond acceptors (Lipinski definition) is 1. The Morgan fingerprint density at radius 1 is 0.480 bits per heavy atom. The quantitative estimate of drug-likeness (QED) is 0.169. The van der Waals surface area contributed by atoms with Crippen LogP contribution in [-0.2, 0) is 4.12 Å². The van der Waals surface area contributed by atoms with Crippen molar-refractivity contribution in [3.63, 3.8) is 0 Å². The molecule has 0 heterocycles. The van der Waals surface area contributed by atoms with Crippen molar-refractivity contribution in [1.82, 2.24) is 0 Å². The van der Waals surface area contributed by atoms with Crippen molar-refractivity contribution in [2.45, 2.75) is 142 Å². The number of unbranched alkanes of at least 4 members (excludes halogenated alkanes) is 12. The van der Waals surface area contributed by atoms with Crippen molar-refractivity contribution in [2.75, 3.05) is 0 Å². The fraction of sp³-hybridized carbons (Fsp3) is 1.00. The number of rotatable bonds is 18. The van der Waals surface area contributed by atoms with Crippen LogP contribution in [0.2, 0.25) is 38.3 Å². The smallest absolute Gasteiger partial charge is 0.176 e. The van der Waals surface area contributed by atoms with Gasteiger partial charge in [-0.3, -0.25) is 0 Å². The first-order chi connectivity index (χ1) is 11.8. The monoisotopic (exact) mass is 386 g/mol. The number of hydrogen-bond donors (Lipinski definition) is 0. The van der Waals surface area contributed by atoms with Crippen LogP contribution in [-0.4, -0.2) is 16.6 Å². The molecule has 0 aliphatic heterocycles. The Morgan fingerprint density at radius 3 is 1.12 bits per heavy atom. The molecule has 0 unspecified atom stereocenters. The Labute approximate surface area is 163 Å². The van der Waals surface area contributed by atoms with Crippen molar-refractivity contribution in [2.24, 2.45) is 0 Å². The van der Waals surface area contributed by atoms with E-state index in [-0.39, 0.29) is 0 Å². The molecule has 0 aliphatic carbocycles. The van der Waals surface area contributed by atoms with E-state index in [2.05, 4.69) is 40.0 Å². The molecule has 0 fully saturated rings. The molecular weight excluding hydrogens is 336 g/mol. The lowest BCUT2D eigenvalue weighted by molar-refractivity contribution is 0.515. The van der Waals surface area contributed by atoms with Gasteiger partial charge in [-0.15, -0.1) is 0 Å². The maximum Gasteiger partial charge on any atom is 0.176 e. The lowest BCUT2D eigenvalue weighted by atomic mass is 10.1. The second kappa shape index (κ2) is 15.5. The van der Waals surface area contributed by atoms with E-state index < -0.39 is 16.6 Å². The Balaban J connectivity index is 4.04. The maximum absolute atomic E-state index is 6.79. The molecule has 152 valence electrons. The summed E-state index contributed by atoms with van der Waals surface area (Å²) in [6, 6.07) is 2.81. The first-order valence-electron chi connectivity index (χ1n) is 11.5. The van der Waals surface area contributed by atoms with Gasteiger partial charge in [-0.2, -0.15) is 0 Å². The van der Waals surface area contributed by atoms with E-state index in [1.54, 1.807) is 0 Å². The van der Waals surface area contributed by atoms with Crippen LogP contribution in [0.15, 0.2) is 0 Å². The van der Waals surface area contributed by atoms with Crippen LogP contribution in [0.25, 0.3) is 0 Å². The third kappa shape index (κ3) is 17.6. The van der Waals surface area contributed by atoms with Crippen LogP contribution >= 0.6 is 0 Å². The normalized spacial score (nSPS) is 12.7. The van der Waals surface area contributed by atoms with Gasteiger partial charge in [-0.25, -0.2) is 0 Å². The standard InChI is InChI=1S/C22H50OSi2/c1-7-9-11-13-15-17-19-21-25(6,23-24(3,4)5)22-20-18-16-14-12-10-8-2/h7-22H2,1-6H3. The van der Waals surface area contributed by atoms with Crippen LogP contribution in [0.1, 0.15) is 104 Å². The average molecular weight is 387 g/mol. The minimum atomic E-state index is -1.47. The summed E-state index contributed by atoms with van der Waals surface area (Å²) in [5.74, 6) is 0. The zero-order valence-corrected chi connectivity index (χ0v) is 20.7. The van der Waals surface area contributed by atoms with Gasteiger partial charge in [-0.1, -0.05) is 104 Å². The van der Waals surface area contributed by atoms with E-state index in [0.717, 1.165) is 0 Å². The molecule has 0 atom stereocenters. The lowest BCUT2D eigenvalue weighted by Gasteiger charge is -2.35. The summed E-state index contributed by atoms with van der Waals surface area (Å²) in [4.78, 5) is 0. The van der Waals surface area contributed by atoms with E-state index in [1.165, 1.54) is 102 Å². The highest BCUT2D eigenvalue weighted by molar-refractivity contribution is 6.84. The summed E-state index contributed by atoms with van der Waals surface area (Å²) < 4.78 is 6.79. The minimum absolute atomic E-state index is 1.35. The van der Waals surface area contributed by atoms with Gasteiger partial charge in [0.1, 0.15) is 0 Å². The Morgan fingerprint density at radius 2 is 0.800 bits per heavy atom. The predicted octanol–water partition coefficient (Wildman–Crippen LogP) is 8.91. The summed E-state index contributed by atoms with van der Waals surface area (Å²) in [5.41, 5.74) is 0. The van der Waals surface area contributed by atoms with Gasteiger partial charge < -0.3 is 4.12 Å². The van der Waals surface area contributed by atoms with Gasteiger partial charge in [0.2, 0.25) is 0 Å². The van der Waals surface area contributed by atoms with Crippen molar-refractivity contribution in [3.05, 3.63) is 0 Å². The molecule has 0 spiro atoms. The van der Waals surface area contributed by atoms with Crippen LogP contribution in [0.3, 0.4) is 0 Å². The van der Waals surface area contributed by atoms with E-state index in [0.29, 0.717) is 0 Å². The molecule has 0 amide bonds. The fourth-order valence-electron chi connectivity index (χ4n) is 3.88. The first kappa shape index (κ1) is 25.4. The molecule has 1 nitrogen and oxygen atoms in total. The highest BCUT2D eigenvalue weighted by Gasteiger charge is 2.33.